The summed E-state index contributed by atoms with van der Waals surface area (Å²) < 4.78 is 45.2. The Morgan fingerprint density at radius 3 is 2.66 bits per heavy atom. The van der Waals surface area contributed by atoms with Crippen LogP contribution in [0.3, 0.4) is 0 Å². The minimum absolute atomic E-state index is 0.109. The van der Waals surface area contributed by atoms with Crippen LogP contribution in [0, 0.1) is 6.92 Å². The van der Waals surface area contributed by atoms with E-state index in [2.05, 4.69) is 4.98 Å². The van der Waals surface area contributed by atoms with E-state index in [0.717, 1.165) is 40.8 Å². The number of hydrogen-bond acceptors (Lipinski definition) is 4. The van der Waals surface area contributed by atoms with Gasteiger partial charge in [0.05, 0.1) is 28.4 Å². The minimum Gasteiger partial charge on any atom is -0.376 e. The van der Waals surface area contributed by atoms with E-state index in [0.29, 0.717) is 18.3 Å². The Morgan fingerprint density at radius 2 is 2.00 bits per heavy atom. The second kappa shape index (κ2) is 7.76. The molecule has 8 heteroatoms. The Labute approximate surface area is 169 Å². The van der Waals surface area contributed by atoms with Crippen LogP contribution in [0.5, 0.6) is 0 Å². The number of thiazole rings is 1. The summed E-state index contributed by atoms with van der Waals surface area (Å²) in [6, 6.07) is 10.1. The van der Waals surface area contributed by atoms with Crippen molar-refractivity contribution in [2.45, 2.75) is 32.0 Å². The highest BCUT2D eigenvalue weighted by Crippen LogP contribution is 2.33. The summed E-state index contributed by atoms with van der Waals surface area (Å²) in [5, 5.41) is 0.519. The van der Waals surface area contributed by atoms with Gasteiger partial charge in [0.1, 0.15) is 0 Å². The van der Waals surface area contributed by atoms with Gasteiger partial charge < -0.3 is 4.74 Å². The smallest absolute Gasteiger partial charge is 0.376 e. The first-order valence-electron chi connectivity index (χ1n) is 9.29. The molecule has 0 N–H and O–H groups in total. The molecule has 1 aromatic heterocycles. The van der Waals surface area contributed by atoms with Crippen LogP contribution in [-0.4, -0.2) is 30.1 Å². The third kappa shape index (κ3) is 4.28. The van der Waals surface area contributed by atoms with Crippen LogP contribution in [0.15, 0.2) is 42.5 Å². The number of benzene rings is 2. The molecule has 2 aromatic carbocycles. The number of hydrogen-bond donors (Lipinski definition) is 0. The molecule has 0 bridgehead atoms. The van der Waals surface area contributed by atoms with E-state index in [1.807, 2.05) is 25.1 Å². The third-order valence-electron chi connectivity index (χ3n) is 4.88. The Bertz CT molecular complexity index is 1020. The van der Waals surface area contributed by atoms with Gasteiger partial charge in [0.2, 0.25) is 0 Å². The number of alkyl halides is 3. The molecule has 0 radical (unpaired) electrons. The molecule has 0 spiro atoms. The fraction of sp³-hybridized carbons (Fsp3) is 0.333. The molecule has 4 rings (SSSR count). The highest BCUT2D eigenvalue weighted by molar-refractivity contribution is 7.22. The van der Waals surface area contributed by atoms with Gasteiger partial charge in [0.15, 0.2) is 5.13 Å². The standard InChI is InChI=1S/C21H19F3N2O2S/c1-13-4-9-17-18(11-13)29-20(25-17)26(12-16-3-2-10-28-16)19(27)14-5-7-15(8-6-14)21(22,23)24/h4-9,11,16H,2-3,10,12H2,1H3. The van der Waals surface area contributed by atoms with Crippen LogP contribution in [-0.2, 0) is 10.9 Å². The monoisotopic (exact) mass is 420 g/mol. The van der Waals surface area contributed by atoms with Crippen LogP contribution in [0.4, 0.5) is 18.3 Å². The molecule has 1 fully saturated rings. The van der Waals surface area contributed by atoms with Crippen molar-refractivity contribution in [3.8, 4) is 0 Å². The number of rotatable bonds is 4. The Balaban J connectivity index is 1.68. The summed E-state index contributed by atoms with van der Waals surface area (Å²) in [5.74, 6) is -0.384. The van der Waals surface area contributed by atoms with Crippen LogP contribution in [0.1, 0.15) is 34.3 Å². The third-order valence-corrected chi connectivity index (χ3v) is 5.92. The highest BCUT2D eigenvalue weighted by Gasteiger charge is 2.31. The van der Waals surface area contributed by atoms with Gasteiger partial charge in [-0.2, -0.15) is 13.2 Å². The van der Waals surface area contributed by atoms with Crippen molar-refractivity contribution >= 4 is 32.6 Å². The Morgan fingerprint density at radius 1 is 1.24 bits per heavy atom. The van der Waals surface area contributed by atoms with Gasteiger partial charge in [-0.25, -0.2) is 4.98 Å². The van der Waals surface area contributed by atoms with E-state index in [-0.39, 0.29) is 17.6 Å². The minimum atomic E-state index is -4.44. The SMILES string of the molecule is Cc1ccc2nc(N(CC3CCCO3)C(=O)c3ccc(C(F)(F)F)cc3)sc2c1. The second-order valence-electron chi connectivity index (χ2n) is 7.09. The normalized spacial score (nSPS) is 17.0. The van der Waals surface area contributed by atoms with Crippen molar-refractivity contribution < 1.29 is 22.7 Å². The van der Waals surface area contributed by atoms with Gasteiger partial charge in [0, 0.05) is 12.2 Å². The Kier molecular flexibility index (Phi) is 5.31. The maximum absolute atomic E-state index is 13.2. The molecule has 2 heterocycles. The topological polar surface area (TPSA) is 42.4 Å². The quantitative estimate of drug-likeness (QED) is 0.564. The number of fused-ring (bicyclic) bond motifs is 1. The molecule has 3 aromatic rings. The first kappa shape index (κ1) is 19.8. The zero-order valence-corrected chi connectivity index (χ0v) is 16.5. The first-order chi connectivity index (χ1) is 13.8. The van der Waals surface area contributed by atoms with Crippen molar-refractivity contribution in [3.63, 3.8) is 0 Å². The number of carbonyl (C=O) groups is 1. The van der Waals surface area contributed by atoms with E-state index in [1.165, 1.54) is 28.4 Å². The average Bonchev–Trinajstić information content (AvgIpc) is 3.34. The van der Waals surface area contributed by atoms with Gasteiger partial charge >= 0.3 is 6.18 Å². The Hall–Kier alpha value is -2.45. The zero-order valence-electron chi connectivity index (χ0n) is 15.7. The molecule has 1 unspecified atom stereocenters. The number of halogens is 3. The first-order valence-corrected chi connectivity index (χ1v) is 10.1. The largest absolute Gasteiger partial charge is 0.416 e. The molecule has 1 saturated heterocycles. The lowest BCUT2D eigenvalue weighted by atomic mass is 10.1. The summed E-state index contributed by atoms with van der Waals surface area (Å²) >= 11 is 1.39. The zero-order chi connectivity index (χ0) is 20.6. The number of carbonyl (C=O) groups excluding carboxylic acids is 1. The maximum atomic E-state index is 13.2. The summed E-state index contributed by atoms with van der Waals surface area (Å²) in [6.45, 7) is 2.95. The number of amides is 1. The van der Waals surface area contributed by atoms with E-state index in [9.17, 15) is 18.0 Å². The predicted molar refractivity (Wildman–Crippen MR) is 106 cm³/mol. The number of aromatic nitrogens is 1. The average molecular weight is 420 g/mol. The number of ether oxygens (including phenoxy) is 1. The summed E-state index contributed by atoms with van der Waals surface area (Å²) in [5.41, 5.74) is 1.28. The van der Waals surface area contributed by atoms with Crippen LogP contribution >= 0.6 is 11.3 Å². The molecule has 1 aliphatic rings. The van der Waals surface area contributed by atoms with E-state index in [4.69, 9.17) is 4.74 Å². The summed E-state index contributed by atoms with van der Waals surface area (Å²) in [6.07, 6.45) is -2.79. The van der Waals surface area contributed by atoms with E-state index in [1.54, 1.807) is 0 Å². The van der Waals surface area contributed by atoms with Gasteiger partial charge in [-0.05, 0) is 61.7 Å². The molecule has 29 heavy (non-hydrogen) atoms. The molecular weight excluding hydrogens is 401 g/mol. The van der Waals surface area contributed by atoms with Gasteiger partial charge in [-0.15, -0.1) is 0 Å². The number of aryl methyl sites for hydroxylation is 1. The molecular formula is C21H19F3N2O2S. The lowest BCUT2D eigenvalue weighted by Crippen LogP contribution is -2.37. The van der Waals surface area contributed by atoms with Crippen molar-refractivity contribution in [2.75, 3.05) is 18.1 Å². The highest BCUT2D eigenvalue weighted by atomic mass is 32.1. The number of anilines is 1. The number of nitrogens with zero attached hydrogens (tertiary/aromatic N) is 2. The molecule has 4 nitrogen and oxygen atoms in total. The van der Waals surface area contributed by atoms with Gasteiger partial charge in [-0.3, -0.25) is 9.69 Å². The molecule has 1 amide bonds. The molecule has 0 saturated carbocycles. The fourth-order valence-electron chi connectivity index (χ4n) is 3.33. The van der Waals surface area contributed by atoms with Crippen LogP contribution in [0.25, 0.3) is 10.2 Å². The van der Waals surface area contributed by atoms with Crippen molar-refractivity contribution in [1.82, 2.24) is 4.98 Å². The van der Waals surface area contributed by atoms with Crippen LogP contribution in [0.2, 0.25) is 0 Å². The molecule has 152 valence electrons. The van der Waals surface area contributed by atoms with E-state index < -0.39 is 11.7 Å². The predicted octanol–water partition coefficient (Wildman–Crippen LogP) is 5.45. The van der Waals surface area contributed by atoms with Gasteiger partial charge in [-0.1, -0.05) is 17.4 Å². The second-order valence-corrected chi connectivity index (χ2v) is 8.10. The summed E-state index contributed by atoms with van der Waals surface area (Å²) in [7, 11) is 0. The maximum Gasteiger partial charge on any atom is 0.416 e. The van der Waals surface area contributed by atoms with Gasteiger partial charge in [0.25, 0.3) is 5.91 Å². The summed E-state index contributed by atoms with van der Waals surface area (Å²) in [4.78, 5) is 19.3. The van der Waals surface area contributed by atoms with Crippen molar-refractivity contribution in [3.05, 3.63) is 59.2 Å². The fourth-order valence-corrected chi connectivity index (χ4v) is 4.40. The molecule has 0 aliphatic carbocycles. The van der Waals surface area contributed by atoms with Crippen molar-refractivity contribution in [1.29, 1.82) is 0 Å². The van der Waals surface area contributed by atoms with Crippen molar-refractivity contribution in [2.24, 2.45) is 0 Å². The molecule has 1 atom stereocenters. The lowest BCUT2D eigenvalue weighted by molar-refractivity contribution is -0.137. The van der Waals surface area contributed by atoms with E-state index >= 15 is 0 Å². The molecule has 1 aliphatic heterocycles. The van der Waals surface area contributed by atoms with Crippen LogP contribution < -0.4 is 4.90 Å². The lowest BCUT2D eigenvalue weighted by Gasteiger charge is -2.23.